The first kappa shape index (κ1) is 10.5. The number of hydrogen-bond acceptors (Lipinski definition) is 1. The first-order chi connectivity index (χ1) is 7.18. The van der Waals surface area contributed by atoms with Crippen molar-refractivity contribution in [1.82, 2.24) is 0 Å². The summed E-state index contributed by atoms with van der Waals surface area (Å²) in [6.45, 7) is 4.63. The van der Waals surface area contributed by atoms with Gasteiger partial charge in [-0.05, 0) is 36.8 Å². The summed E-state index contributed by atoms with van der Waals surface area (Å²) in [6, 6.07) is 9.54. The van der Waals surface area contributed by atoms with E-state index in [1.165, 1.54) is 30.5 Å². The van der Waals surface area contributed by atoms with Gasteiger partial charge in [0.1, 0.15) is 0 Å². The molecule has 1 nitrogen and oxygen atoms in total. The van der Waals surface area contributed by atoms with Crippen LogP contribution in [0, 0.1) is 5.92 Å². The Hall–Kier alpha value is -0.980. The standard InChI is InChI=1S/C14H21N/c1-11(2)10-13-9-8-12-6-4-5-7-14(12)15(13)3/h4-7,11,13H,8-10H2,1-3H3. The molecule has 0 aromatic heterocycles. The minimum absolute atomic E-state index is 0.736. The predicted octanol–water partition coefficient (Wildman–Crippen LogP) is 3.48. The number of aryl methyl sites for hydroxylation is 1. The van der Waals surface area contributed by atoms with E-state index < -0.39 is 0 Å². The highest BCUT2D eigenvalue weighted by Gasteiger charge is 2.23. The highest BCUT2D eigenvalue weighted by atomic mass is 15.1. The molecule has 1 aliphatic rings. The van der Waals surface area contributed by atoms with Crippen molar-refractivity contribution >= 4 is 5.69 Å². The second-order valence-corrected chi connectivity index (χ2v) is 5.06. The molecule has 0 N–H and O–H groups in total. The fourth-order valence-electron chi connectivity index (χ4n) is 2.60. The van der Waals surface area contributed by atoms with Crippen molar-refractivity contribution < 1.29 is 0 Å². The molecule has 0 aliphatic carbocycles. The molecule has 1 heterocycles. The zero-order valence-electron chi connectivity index (χ0n) is 10.0. The Morgan fingerprint density at radius 2 is 2.07 bits per heavy atom. The van der Waals surface area contributed by atoms with Crippen LogP contribution in [0.1, 0.15) is 32.3 Å². The SMILES string of the molecule is CC(C)CC1CCc2ccccc2N1C. The van der Waals surface area contributed by atoms with E-state index in [4.69, 9.17) is 0 Å². The number of para-hydroxylation sites is 1. The Morgan fingerprint density at radius 3 is 2.80 bits per heavy atom. The van der Waals surface area contributed by atoms with Crippen LogP contribution < -0.4 is 4.90 Å². The van der Waals surface area contributed by atoms with Crippen LogP contribution in [0.25, 0.3) is 0 Å². The van der Waals surface area contributed by atoms with E-state index in [2.05, 4.69) is 50.1 Å². The molecule has 1 aliphatic heterocycles. The highest BCUT2D eigenvalue weighted by Crippen LogP contribution is 2.31. The van der Waals surface area contributed by atoms with Gasteiger partial charge in [-0.1, -0.05) is 32.0 Å². The number of hydrogen-bond donors (Lipinski definition) is 0. The predicted molar refractivity (Wildman–Crippen MR) is 66.4 cm³/mol. The quantitative estimate of drug-likeness (QED) is 0.711. The van der Waals surface area contributed by atoms with Crippen LogP contribution in [0.5, 0.6) is 0 Å². The Kier molecular flexibility index (Phi) is 2.99. The molecule has 2 rings (SSSR count). The second kappa shape index (κ2) is 4.26. The molecule has 0 saturated heterocycles. The van der Waals surface area contributed by atoms with E-state index in [0.717, 1.165) is 12.0 Å². The summed E-state index contributed by atoms with van der Waals surface area (Å²) in [4.78, 5) is 2.47. The molecule has 0 spiro atoms. The Morgan fingerprint density at radius 1 is 1.33 bits per heavy atom. The highest BCUT2D eigenvalue weighted by molar-refractivity contribution is 5.55. The van der Waals surface area contributed by atoms with E-state index in [1.54, 1.807) is 0 Å². The summed E-state index contributed by atoms with van der Waals surface area (Å²) in [5.41, 5.74) is 2.95. The minimum atomic E-state index is 0.736. The molecule has 1 atom stereocenters. The number of fused-ring (bicyclic) bond motifs is 1. The van der Waals surface area contributed by atoms with Gasteiger partial charge in [0.2, 0.25) is 0 Å². The molecular weight excluding hydrogens is 182 g/mol. The van der Waals surface area contributed by atoms with Gasteiger partial charge in [0, 0.05) is 18.8 Å². The third-order valence-electron chi connectivity index (χ3n) is 3.41. The fraction of sp³-hybridized carbons (Fsp3) is 0.571. The maximum absolute atomic E-state index is 2.47. The molecule has 0 bridgehead atoms. The van der Waals surface area contributed by atoms with Crippen LogP contribution in [0.4, 0.5) is 5.69 Å². The van der Waals surface area contributed by atoms with E-state index in [1.807, 2.05) is 0 Å². The van der Waals surface area contributed by atoms with Crippen molar-refractivity contribution in [3.8, 4) is 0 Å². The molecule has 0 radical (unpaired) electrons. The Bertz CT molecular complexity index is 330. The maximum Gasteiger partial charge on any atom is 0.0398 e. The van der Waals surface area contributed by atoms with Gasteiger partial charge >= 0.3 is 0 Å². The van der Waals surface area contributed by atoms with Crippen LogP contribution in [0.15, 0.2) is 24.3 Å². The van der Waals surface area contributed by atoms with E-state index in [0.29, 0.717) is 0 Å². The molecule has 1 aromatic carbocycles. The largest absolute Gasteiger partial charge is 0.371 e. The van der Waals surface area contributed by atoms with E-state index >= 15 is 0 Å². The van der Waals surface area contributed by atoms with Crippen molar-refractivity contribution in [2.45, 2.75) is 39.2 Å². The van der Waals surface area contributed by atoms with Crippen LogP contribution in [0.2, 0.25) is 0 Å². The smallest absolute Gasteiger partial charge is 0.0398 e. The Labute approximate surface area is 93.1 Å². The summed E-state index contributed by atoms with van der Waals surface area (Å²) in [5.74, 6) is 0.794. The molecule has 1 aromatic rings. The minimum Gasteiger partial charge on any atom is -0.371 e. The van der Waals surface area contributed by atoms with Gasteiger partial charge in [-0.2, -0.15) is 0 Å². The Balaban J connectivity index is 2.18. The molecule has 15 heavy (non-hydrogen) atoms. The van der Waals surface area contributed by atoms with Crippen LogP contribution in [-0.4, -0.2) is 13.1 Å². The zero-order valence-corrected chi connectivity index (χ0v) is 10.0. The van der Waals surface area contributed by atoms with Crippen molar-refractivity contribution in [3.63, 3.8) is 0 Å². The summed E-state index contributed by atoms with van der Waals surface area (Å²) >= 11 is 0. The molecule has 0 fully saturated rings. The lowest BCUT2D eigenvalue weighted by Crippen LogP contribution is -2.36. The first-order valence-electron chi connectivity index (χ1n) is 5.99. The summed E-state index contributed by atoms with van der Waals surface area (Å²) in [7, 11) is 2.24. The van der Waals surface area contributed by atoms with Gasteiger partial charge in [-0.25, -0.2) is 0 Å². The second-order valence-electron chi connectivity index (χ2n) is 5.06. The van der Waals surface area contributed by atoms with E-state index in [9.17, 15) is 0 Å². The molecule has 0 amide bonds. The molecule has 1 heteroatoms. The number of nitrogens with zero attached hydrogens (tertiary/aromatic N) is 1. The van der Waals surface area contributed by atoms with Gasteiger partial charge < -0.3 is 4.90 Å². The lowest BCUT2D eigenvalue weighted by Gasteiger charge is -2.37. The number of rotatable bonds is 2. The lowest BCUT2D eigenvalue weighted by atomic mass is 9.91. The topological polar surface area (TPSA) is 3.24 Å². The summed E-state index contributed by atoms with van der Waals surface area (Å²) in [5, 5.41) is 0. The van der Waals surface area contributed by atoms with E-state index in [-0.39, 0.29) is 0 Å². The third kappa shape index (κ3) is 2.17. The first-order valence-corrected chi connectivity index (χ1v) is 5.99. The van der Waals surface area contributed by atoms with Crippen LogP contribution >= 0.6 is 0 Å². The summed E-state index contributed by atoms with van der Waals surface area (Å²) < 4.78 is 0. The van der Waals surface area contributed by atoms with Crippen molar-refractivity contribution in [2.24, 2.45) is 5.92 Å². The van der Waals surface area contributed by atoms with Gasteiger partial charge in [0.05, 0.1) is 0 Å². The van der Waals surface area contributed by atoms with Crippen molar-refractivity contribution in [1.29, 1.82) is 0 Å². The van der Waals surface area contributed by atoms with Crippen LogP contribution in [-0.2, 0) is 6.42 Å². The van der Waals surface area contributed by atoms with Gasteiger partial charge in [-0.3, -0.25) is 0 Å². The monoisotopic (exact) mass is 203 g/mol. The number of anilines is 1. The molecular formula is C14H21N. The lowest BCUT2D eigenvalue weighted by molar-refractivity contribution is 0.446. The van der Waals surface area contributed by atoms with Crippen LogP contribution in [0.3, 0.4) is 0 Å². The maximum atomic E-state index is 2.47. The molecule has 0 saturated carbocycles. The number of benzene rings is 1. The zero-order chi connectivity index (χ0) is 10.8. The average molecular weight is 203 g/mol. The third-order valence-corrected chi connectivity index (χ3v) is 3.41. The van der Waals surface area contributed by atoms with Gasteiger partial charge in [0.15, 0.2) is 0 Å². The van der Waals surface area contributed by atoms with Crippen molar-refractivity contribution in [3.05, 3.63) is 29.8 Å². The van der Waals surface area contributed by atoms with Gasteiger partial charge in [0.25, 0.3) is 0 Å². The van der Waals surface area contributed by atoms with Gasteiger partial charge in [-0.15, -0.1) is 0 Å². The normalized spacial score (nSPS) is 20.5. The van der Waals surface area contributed by atoms with Crippen molar-refractivity contribution in [2.75, 3.05) is 11.9 Å². The summed E-state index contributed by atoms with van der Waals surface area (Å²) in [6.07, 6.45) is 3.87. The molecule has 82 valence electrons. The average Bonchev–Trinajstić information content (AvgIpc) is 2.22. The fourth-order valence-corrected chi connectivity index (χ4v) is 2.60. The molecule has 1 unspecified atom stereocenters.